The topological polar surface area (TPSA) is 41.6 Å². The lowest BCUT2D eigenvalue weighted by molar-refractivity contribution is -0.120. The smallest absolute Gasteiger partial charge is 0.241 e. The van der Waals surface area contributed by atoms with Gasteiger partial charge in [-0.25, -0.2) is 4.39 Å². The first-order valence-electron chi connectivity index (χ1n) is 10.0. The average molecular weight is 407 g/mol. The van der Waals surface area contributed by atoms with Gasteiger partial charge in [-0.2, -0.15) is 0 Å². The van der Waals surface area contributed by atoms with E-state index >= 15 is 0 Å². The molecule has 156 valence electrons. The molecule has 0 aliphatic rings. The quantitative estimate of drug-likeness (QED) is 0.548. The van der Waals surface area contributed by atoms with Crippen LogP contribution in [0.4, 0.5) is 10.1 Å². The van der Waals surface area contributed by atoms with Crippen LogP contribution in [-0.4, -0.2) is 30.5 Å². The minimum Gasteiger partial charge on any atom is -0.494 e. The van der Waals surface area contributed by atoms with Crippen LogP contribution in [-0.2, 0) is 11.3 Å². The van der Waals surface area contributed by atoms with Gasteiger partial charge in [0.15, 0.2) is 11.6 Å². The molecule has 0 fully saturated rings. The van der Waals surface area contributed by atoms with Crippen molar-refractivity contribution in [2.24, 2.45) is 0 Å². The van der Waals surface area contributed by atoms with Crippen molar-refractivity contribution in [1.29, 1.82) is 0 Å². The molecule has 0 saturated heterocycles. The van der Waals surface area contributed by atoms with Gasteiger partial charge in [-0.3, -0.25) is 9.69 Å². The van der Waals surface area contributed by atoms with Gasteiger partial charge in [0.2, 0.25) is 5.91 Å². The zero-order valence-electron chi connectivity index (χ0n) is 17.6. The van der Waals surface area contributed by atoms with Crippen LogP contribution in [0.15, 0.2) is 72.8 Å². The molecule has 0 spiro atoms. The molecule has 0 saturated carbocycles. The van der Waals surface area contributed by atoms with Gasteiger partial charge in [0.1, 0.15) is 0 Å². The molecular formula is C25H27FN2O2. The summed E-state index contributed by atoms with van der Waals surface area (Å²) in [7, 11) is 1.44. The monoisotopic (exact) mass is 406 g/mol. The van der Waals surface area contributed by atoms with E-state index in [1.807, 2.05) is 79.4 Å². The third kappa shape index (κ3) is 5.05. The number of nitrogens with one attached hydrogen (secondary N) is 1. The van der Waals surface area contributed by atoms with Gasteiger partial charge in [0, 0.05) is 17.8 Å². The molecule has 0 aliphatic heterocycles. The van der Waals surface area contributed by atoms with Crippen molar-refractivity contribution in [2.45, 2.75) is 26.4 Å². The number of halogens is 1. The van der Waals surface area contributed by atoms with E-state index < -0.39 is 5.82 Å². The standard InChI is InChI=1S/C25H27FN2O2/c1-4-28(17-19-14-15-24(30-3)22(26)16-19)18(2)25(29)27-23-13-9-8-12-21(23)20-10-6-5-7-11-20/h5-16,18H,4,17H2,1-3H3,(H,27,29)/t18-/m1/s1. The van der Waals surface area contributed by atoms with Crippen LogP contribution < -0.4 is 10.1 Å². The van der Waals surface area contributed by atoms with Gasteiger partial charge >= 0.3 is 0 Å². The summed E-state index contributed by atoms with van der Waals surface area (Å²) in [6.45, 7) is 4.97. The van der Waals surface area contributed by atoms with Crippen LogP contribution in [0.25, 0.3) is 11.1 Å². The summed E-state index contributed by atoms with van der Waals surface area (Å²) in [6.07, 6.45) is 0. The number of carbonyl (C=O) groups is 1. The molecule has 1 N–H and O–H groups in total. The Kier molecular flexibility index (Phi) is 7.20. The SMILES string of the molecule is CCN(Cc1ccc(OC)c(F)c1)[C@H](C)C(=O)Nc1ccccc1-c1ccccc1. The lowest BCUT2D eigenvalue weighted by Gasteiger charge is -2.27. The van der Waals surface area contributed by atoms with Gasteiger partial charge in [-0.1, -0.05) is 61.5 Å². The molecule has 0 heterocycles. The maximum atomic E-state index is 14.0. The first-order chi connectivity index (χ1) is 14.5. The van der Waals surface area contributed by atoms with Crippen molar-refractivity contribution >= 4 is 11.6 Å². The van der Waals surface area contributed by atoms with Crippen LogP contribution in [0.5, 0.6) is 5.75 Å². The normalized spacial score (nSPS) is 11.9. The maximum Gasteiger partial charge on any atom is 0.241 e. The molecule has 0 bridgehead atoms. The zero-order chi connectivity index (χ0) is 21.5. The summed E-state index contributed by atoms with van der Waals surface area (Å²) in [5.74, 6) is -0.292. The minimum atomic E-state index is -0.403. The molecule has 0 aromatic heterocycles. The van der Waals surface area contributed by atoms with Gasteiger partial charge in [0.05, 0.1) is 13.2 Å². The van der Waals surface area contributed by atoms with Crippen LogP contribution in [0.1, 0.15) is 19.4 Å². The molecule has 1 amide bonds. The van der Waals surface area contributed by atoms with Crippen molar-refractivity contribution in [3.05, 3.63) is 84.2 Å². The second-order valence-corrected chi connectivity index (χ2v) is 7.11. The molecule has 0 unspecified atom stereocenters. The van der Waals surface area contributed by atoms with Crippen LogP contribution in [0, 0.1) is 5.82 Å². The third-order valence-electron chi connectivity index (χ3n) is 5.20. The molecule has 3 aromatic rings. The largest absolute Gasteiger partial charge is 0.494 e. The van der Waals surface area contributed by atoms with Crippen molar-refractivity contribution in [2.75, 3.05) is 19.0 Å². The fourth-order valence-corrected chi connectivity index (χ4v) is 3.43. The summed E-state index contributed by atoms with van der Waals surface area (Å²) >= 11 is 0. The number of benzene rings is 3. The van der Waals surface area contributed by atoms with Crippen molar-refractivity contribution in [3.63, 3.8) is 0 Å². The minimum absolute atomic E-state index is 0.103. The Bertz CT molecular complexity index is 991. The number of hydrogen-bond donors (Lipinski definition) is 1. The molecule has 3 aromatic carbocycles. The molecule has 30 heavy (non-hydrogen) atoms. The molecule has 0 radical (unpaired) electrons. The third-order valence-corrected chi connectivity index (χ3v) is 5.20. The number of methoxy groups -OCH3 is 1. The number of nitrogens with zero attached hydrogens (tertiary/aromatic N) is 1. The summed E-state index contributed by atoms with van der Waals surface area (Å²) < 4.78 is 19.0. The number of amides is 1. The number of rotatable bonds is 8. The second kappa shape index (κ2) is 10.0. The number of ether oxygens (including phenoxy) is 1. The molecule has 0 aliphatic carbocycles. The highest BCUT2D eigenvalue weighted by Gasteiger charge is 2.21. The van der Waals surface area contributed by atoms with Crippen molar-refractivity contribution < 1.29 is 13.9 Å². The van der Waals surface area contributed by atoms with E-state index in [9.17, 15) is 9.18 Å². The van der Waals surface area contributed by atoms with Crippen molar-refractivity contribution in [3.8, 4) is 16.9 Å². The average Bonchev–Trinajstić information content (AvgIpc) is 2.78. The number of para-hydroxylation sites is 1. The summed E-state index contributed by atoms with van der Waals surface area (Å²) in [4.78, 5) is 15.0. The highest BCUT2D eigenvalue weighted by atomic mass is 19.1. The Morgan fingerprint density at radius 1 is 1.07 bits per heavy atom. The number of hydrogen-bond acceptors (Lipinski definition) is 3. The second-order valence-electron chi connectivity index (χ2n) is 7.11. The van der Waals surface area contributed by atoms with E-state index in [1.54, 1.807) is 6.07 Å². The Balaban J connectivity index is 1.74. The molecular weight excluding hydrogens is 379 g/mol. The highest BCUT2D eigenvalue weighted by Crippen LogP contribution is 2.28. The lowest BCUT2D eigenvalue weighted by atomic mass is 10.0. The van der Waals surface area contributed by atoms with Gasteiger partial charge in [-0.15, -0.1) is 0 Å². The molecule has 4 nitrogen and oxygen atoms in total. The molecule has 5 heteroatoms. The fraction of sp³-hybridized carbons (Fsp3) is 0.240. The van der Waals surface area contributed by atoms with Crippen LogP contribution in [0.3, 0.4) is 0 Å². The number of anilines is 1. The highest BCUT2D eigenvalue weighted by molar-refractivity contribution is 5.98. The number of carbonyl (C=O) groups excluding carboxylic acids is 1. The summed E-state index contributed by atoms with van der Waals surface area (Å²) in [5.41, 5.74) is 3.58. The van der Waals surface area contributed by atoms with E-state index in [1.165, 1.54) is 13.2 Å². The Hall–Kier alpha value is -3.18. The van der Waals surface area contributed by atoms with E-state index in [2.05, 4.69) is 5.32 Å². The van der Waals surface area contributed by atoms with Gasteiger partial charge in [-0.05, 0) is 42.8 Å². The van der Waals surface area contributed by atoms with Crippen molar-refractivity contribution in [1.82, 2.24) is 4.90 Å². The predicted octanol–water partition coefficient (Wildman–Crippen LogP) is 5.35. The van der Waals surface area contributed by atoms with Crippen LogP contribution >= 0.6 is 0 Å². The Morgan fingerprint density at radius 2 is 1.77 bits per heavy atom. The Morgan fingerprint density at radius 3 is 2.43 bits per heavy atom. The fourth-order valence-electron chi connectivity index (χ4n) is 3.43. The zero-order valence-corrected chi connectivity index (χ0v) is 17.6. The lowest BCUT2D eigenvalue weighted by Crippen LogP contribution is -2.41. The van der Waals surface area contributed by atoms with Gasteiger partial charge < -0.3 is 10.1 Å². The maximum absolute atomic E-state index is 14.0. The van der Waals surface area contributed by atoms with E-state index in [4.69, 9.17) is 4.74 Å². The van der Waals surface area contributed by atoms with Gasteiger partial charge in [0.25, 0.3) is 0 Å². The summed E-state index contributed by atoms with van der Waals surface area (Å²) in [6, 6.07) is 22.2. The molecule has 3 rings (SSSR count). The number of likely N-dealkylation sites (N-methyl/N-ethyl adjacent to an activating group) is 1. The Labute approximate surface area is 177 Å². The first-order valence-corrected chi connectivity index (χ1v) is 10.0. The first kappa shape index (κ1) is 21.5. The summed E-state index contributed by atoms with van der Waals surface area (Å²) in [5, 5.41) is 3.06. The van der Waals surface area contributed by atoms with E-state index in [0.29, 0.717) is 13.1 Å². The van der Waals surface area contributed by atoms with Crippen LogP contribution in [0.2, 0.25) is 0 Å². The molecule has 1 atom stereocenters. The van der Waals surface area contributed by atoms with E-state index in [0.717, 1.165) is 22.4 Å². The predicted molar refractivity (Wildman–Crippen MR) is 119 cm³/mol. The van der Waals surface area contributed by atoms with E-state index in [-0.39, 0.29) is 17.7 Å².